The summed E-state index contributed by atoms with van der Waals surface area (Å²) in [6.45, 7) is 1.14. The van der Waals surface area contributed by atoms with E-state index in [9.17, 15) is 14.3 Å². The normalized spacial score (nSPS) is 17.4. The van der Waals surface area contributed by atoms with Crippen molar-refractivity contribution < 1.29 is 19.0 Å². The minimum absolute atomic E-state index is 0.113. The van der Waals surface area contributed by atoms with Gasteiger partial charge in [0.2, 0.25) is 0 Å². The lowest BCUT2D eigenvalue weighted by molar-refractivity contribution is -0.0229. The van der Waals surface area contributed by atoms with Crippen molar-refractivity contribution in [3.63, 3.8) is 0 Å². The van der Waals surface area contributed by atoms with E-state index in [1.54, 1.807) is 41.4 Å². The number of hydrogen-bond donors (Lipinski definition) is 1. The molecule has 0 radical (unpaired) electrons. The number of nitrogens with zero attached hydrogens (tertiary/aromatic N) is 2. The second-order valence-corrected chi connectivity index (χ2v) is 6.20. The second kappa shape index (κ2) is 6.72. The highest BCUT2D eigenvalue weighted by atomic mass is 19.1. The van der Waals surface area contributed by atoms with E-state index in [2.05, 4.69) is 4.98 Å². The third kappa shape index (κ3) is 2.99. The van der Waals surface area contributed by atoms with Gasteiger partial charge in [-0.2, -0.15) is 0 Å². The maximum Gasteiger partial charge on any atom is 0.257 e. The van der Waals surface area contributed by atoms with Gasteiger partial charge in [0.25, 0.3) is 5.91 Å². The average molecular weight is 352 g/mol. The molecule has 6 heteroatoms. The molecule has 3 aromatic rings. The van der Waals surface area contributed by atoms with Crippen molar-refractivity contribution in [3.05, 3.63) is 71.7 Å². The number of aromatic nitrogens is 1. The number of aromatic hydroxyl groups is 1. The molecule has 26 heavy (non-hydrogen) atoms. The number of hydrogen-bond acceptors (Lipinski definition) is 4. The summed E-state index contributed by atoms with van der Waals surface area (Å²) >= 11 is 0. The fraction of sp³-hybridized carbons (Fsp3) is 0.200. The largest absolute Gasteiger partial charge is 0.505 e. The van der Waals surface area contributed by atoms with Gasteiger partial charge in [0.1, 0.15) is 17.4 Å². The highest BCUT2D eigenvalue weighted by Crippen LogP contribution is 2.29. The van der Waals surface area contributed by atoms with Crippen LogP contribution in [0.25, 0.3) is 10.9 Å². The van der Waals surface area contributed by atoms with E-state index in [-0.39, 0.29) is 29.1 Å². The van der Waals surface area contributed by atoms with Crippen LogP contribution in [0.2, 0.25) is 0 Å². The lowest BCUT2D eigenvalue weighted by Crippen LogP contribution is -2.42. The molecule has 1 aliphatic rings. The molecule has 4 rings (SSSR count). The number of halogens is 1. The maximum atomic E-state index is 13.1. The van der Waals surface area contributed by atoms with E-state index in [1.165, 1.54) is 12.1 Å². The molecular weight excluding hydrogens is 335 g/mol. The maximum absolute atomic E-state index is 13.1. The van der Waals surface area contributed by atoms with Crippen molar-refractivity contribution in [1.29, 1.82) is 0 Å². The number of carbonyl (C=O) groups excluding carboxylic acids is 1. The summed E-state index contributed by atoms with van der Waals surface area (Å²) in [5.41, 5.74) is 1.44. The Hall–Kier alpha value is -2.99. The summed E-state index contributed by atoms with van der Waals surface area (Å²) < 4.78 is 18.8. The zero-order valence-corrected chi connectivity index (χ0v) is 13.9. The summed E-state index contributed by atoms with van der Waals surface area (Å²) in [5, 5.41) is 11.3. The Morgan fingerprint density at radius 2 is 2.00 bits per heavy atom. The molecule has 1 saturated heterocycles. The van der Waals surface area contributed by atoms with Crippen LogP contribution < -0.4 is 0 Å². The minimum Gasteiger partial charge on any atom is -0.505 e. The molecule has 0 spiro atoms. The number of benzene rings is 2. The molecule has 1 unspecified atom stereocenters. The highest BCUT2D eigenvalue weighted by molar-refractivity contribution is 6.02. The third-order valence-corrected chi connectivity index (χ3v) is 4.57. The molecule has 1 aromatic heterocycles. The van der Waals surface area contributed by atoms with E-state index in [0.29, 0.717) is 25.2 Å². The first-order valence-electron chi connectivity index (χ1n) is 8.36. The lowest BCUT2D eigenvalue weighted by Gasteiger charge is -2.33. The number of carbonyl (C=O) groups is 1. The molecule has 2 aromatic carbocycles. The number of fused-ring (bicyclic) bond motifs is 1. The predicted octanol–water partition coefficient (Wildman–Crippen LogP) is 3.29. The summed E-state index contributed by atoms with van der Waals surface area (Å²) in [6, 6.07) is 13.1. The van der Waals surface area contributed by atoms with Gasteiger partial charge in [-0.3, -0.25) is 9.78 Å². The van der Waals surface area contributed by atoms with Crippen LogP contribution in [0.4, 0.5) is 4.39 Å². The second-order valence-electron chi connectivity index (χ2n) is 6.20. The molecule has 1 fully saturated rings. The molecule has 1 amide bonds. The van der Waals surface area contributed by atoms with Crippen molar-refractivity contribution in [2.24, 2.45) is 0 Å². The summed E-state index contributed by atoms with van der Waals surface area (Å²) in [4.78, 5) is 18.7. The number of pyridine rings is 1. The molecule has 5 nitrogen and oxygen atoms in total. The Morgan fingerprint density at radius 3 is 2.81 bits per heavy atom. The summed E-state index contributed by atoms with van der Waals surface area (Å²) in [7, 11) is 0. The average Bonchev–Trinajstić information content (AvgIpc) is 2.69. The van der Waals surface area contributed by atoms with Gasteiger partial charge in [-0.15, -0.1) is 0 Å². The quantitative estimate of drug-likeness (QED) is 0.769. The van der Waals surface area contributed by atoms with Crippen molar-refractivity contribution in [2.75, 3.05) is 19.7 Å². The highest BCUT2D eigenvalue weighted by Gasteiger charge is 2.28. The SMILES string of the molecule is O=C(c1ccc2cccnc2c1O)N1CCOC(c2ccc(F)cc2)C1. The van der Waals surface area contributed by atoms with E-state index in [1.807, 2.05) is 6.07 Å². The van der Waals surface area contributed by atoms with Gasteiger partial charge >= 0.3 is 0 Å². The lowest BCUT2D eigenvalue weighted by atomic mass is 10.1. The van der Waals surface area contributed by atoms with Crippen LogP contribution in [-0.4, -0.2) is 40.6 Å². The van der Waals surface area contributed by atoms with Gasteiger partial charge in [-0.05, 0) is 29.8 Å². The van der Waals surface area contributed by atoms with Gasteiger partial charge in [-0.1, -0.05) is 24.3 Å². The topological polar surface area (TPSA) is 62.7 Å². The van der Waals surface area contributed by atoms with Gasteiger partial charge < -0.3 is 14.7 Å². The molecule has 1 atom stereocenters. The zero-order valence-electron chi connectivity index (χ0n) is 13.9. The van der Waals surface area contributed by atoms with E-state index in [4.69, 9.17) is 4.74 Å². The molecule has 0 aliphatic carbocycles. The first kappa shape index (κ1) is 16.5. The van der Waals surface area contributed by atoms with Crippen molar-refractivity contribution in [2.45, 2.75) is 6.10 Å². The van der Waals surface area contributed by atoms with Gasteiger partial charge in [0.05, 0.1) is 18.7 Å². The van der Waals surface area contributed by atoms with E-state index >= 15 is 0 Å². The molecule has 1 N–H and O–H groups in total. The Morgan fingerprint density at radius 1 is 1.19 bits per heavy atom. The van der Waals surface area contributed by atoms with Crippen LogP contribution in [0.3, 0.4) is 0 Å². The predicted molar refractivity (Wildman–Crippen MR) is 94.4 cm³/mol. The molecule has 0 saturated carbocycles. The van der Waals surface area contributed by atoms with Crippen LogP contribution in [0.5, 0.6) is 5.75 Å². The standard InChI is InChI=1S/C20H17FN2O3/c21-15-6-3-13(4-7-15)17-12-23(10-11-26-17)20(25)16-8-5-14-2-1-9-22-18(14)19(16)24/h1-9,17,24H,10-12H2. The number of phenols is 1. The Bertz CT molecular complexity index is 959. The van der Waals surface area contributed by atoms with E-state index < -0.39 is 0 Å². The van der Waals surface area contributed by atoms with Gasteiger partial charge in [-0.25, -0.2) is 4.39 Å². The number of phenolic OH excluding ortho intramolecular Hbond substituents is 1. The third-order valence-electron chi connectivity index (χ3n) is 4.57. The fourth-order valence-corrected chi connectivity index (χ4v) is 3.19. The van der Waals surface area contributed by atoms with Crippen LogP contribution in [0.15, 0.2) is 54.7 Å². The van der Waals surface area contributed by atoms with Crippen molar-refractivity contribution in [3.8, 4) is 5.75 Å². The first-order valence-corrected chi connectivity index (χ1v) is 8.36. The van der Waals surface area contributed by atoms with Crippen LogP contribution in [-0.2, 0) is 4.74 Å². The number of morpholine rings is 1. The van der Waals surface area contributed by atoms with Gasteiger partial charge in [0, 0.05) is 18.1 Å². The Labute approximate surface area is 149 Å². The van der Waals surface area contributed by atoms with Gasteiger partial charge in [0.15, 0.2) is 5.75 Å². The summed E-state index contributed by atoms with van der Waals surface area (Å²) in [5.74, 6) is -0.700. The fourth-order valence-electron chi connectivity index (χ4n) is 3.19. The first-order chi connectivity index (χ1) is 12.6. The van der Waals surface area contributed by atoms with Crippen molar-refractivity contribution in [1.82, 2.24) is 9.88 Å². The number of amides is 1. The Kier molecular flexibility index (Phi) is 4.26. The molecule has 132 valence electrons. The smallest absolute Gasteiger partial charge is 0.257 e. The van der Waals surface area contributed by atoms with Crippen molar-refractivity contribution >= 4 is 16.8 Å². The van der Waals surface area contributed by atoms with E-state index in [0.717, 1.165) is 10.9 Å². The molecule has 0 bridgehead atoms. The molecular formula is C20H17FN2O3. The Balaban J connectivity index is 1.60. The molecule has 1 aliphatic heterocycles. The van der Waals surface area contributed by atoms with Crippen LogP contribution in [0, 0.1) is 5.82 Å². The minimum atomic E-state index is -0.325. The van der Waals surface area contributed by atoms with Crippen LogP contribution >= 0.6 is 0 Å². The monoisotopic (exact) mass is 352 g/mol. The zero-order chi connectivity index (χ0) is 18.1. The summed E-state index contributed by atoms with van der Waals surface area (Å²) in [6.07, 6.45) is 1.25. The van der Waals surface area contributed by atoms with Crippen LogP contribution in [0.1, 0.15) is 22.0 Å². The number of ether oxygens (including phenoxy) is 1. The molecule has 2 heterocycles. The number of rotatable bonds is 2.